The second kappa shape index (κ2) is 3.17. The first kappa shape index (κ1) is 8.46. The second-order valence-corrected chi connectivity index (χ2v) is 2.95. The molecule has 4 heteroatoms. The molecule has 0 aliphatic carbocycles. The van der Waals surface area contributed by atoms with Crippen LogP contribution in [0.2, 0.25) is 0 Å². The predicted molar refractivity (Wildman–Crippen MR) is 45.8 cm³/mol. The molecule has 0 N–H and O–H groups in total. The van der Waals surface area contributed by atoms with Gasteiger partial charge < -0.3 is 4.74 Å². The second-order valence-electron chi connectivity index (χ2n) is 2.19. The van der Waals surface area contributed by atoms with Gasteiger partial charge in [-0.25, -0.2) is 9.97 Å². The predicted octanol–water partition coefficient (Wildman–Crippen LogP) is 1.86. The third-order valence-electron chi connectivity index (χ3n) is 1.34. The summed E-state index contributed by atoms with van der Waals surface area (Å²) in [6.07, 6.45) is 0. The van der Waals surface area contributed by atoms with E-state index in [0.29, 0.717) is 5.88 Å². The lowest BCUT2D eigenvalue weighted by Crippen LogP contribution is -1.97. The van der Waals surface area contributed by atoms with Crippen molar-refractivity contribution in [2.24, 2.45) is 0 Å². The zero-order chi connectivity index (χ0) is 8.43. The fourth-order valence-corrected chi connectivity index (χ4v) is 1.04. The maximum Gasteiger partial charge on any atom is 0.236 e. The number of nitrogens with zero attached hydrogens (tertiary/aromatic N) is 2. The smallest absolute Gasteiger partial charge is 0.236 e. The maximum atomic E-state index is 4.98. The molecule has 0 fully saturated rings. The molecule has 0 aromatic carbocycles. The Kier molecular flexibility index (Phi) is 2.44. The minimum absolute atomic E-state index is 0.572. The van der Waals surface area contributed by atoms with Gasteiger partial charge in [-0.05, 0) is 29.8 Å². The van der Waals surface area contributed by atoms with Crippen molar-refractivity contribution in [1.29, 1.82) is 0 Å². The standard InChI is InChI=1S/C7H9BrN2O/c1-4-6(8)10-7(11-3)5(2)9-4/h1-3H3. The van der Waals surface area contributed by atoms with Crippen LogP contribution in [0.5, 0.6) is 5.88 Å². The molecule has 1 heterocycles. The number of hydrogen-bond donors (Lipinski definition) is 0. The minimum atomic E-state index is 0.572. The molecule has 1 aromatic rings. The van der Waals surface area contributed by atoms with Crippen LogP contribution in [-0.4, -0.2) is 17.1 Å². The van der Waals surface area contributed by atoms with Crippen LogP contribution >= 0.6 is 15.9 Å². The first-order valence-electron chi connectivity index (χ1n) is 3.20. The van der Waals surface area contributed by atoms with Gasteiger partial charge in [0.05, 0.1) is 18.5 Å². The summed E-state index contributed by atoms with van der Waals surface area (Å²) in [6.45, 7) is 3.76. The molecule has 0 aliphatic heterocycles. The van der Waals surface area contributed by atoms with Crippen LogP contribution in [0.25, 0.3) is 0 Å². The van der Waals surface area contributed by atoms with E-state index in [1.807, 2.05) is 13.8 Å². The number of hydrogen-bond acceptors (Lipinski definition) is 3. The van der Waals surface area contributed by atoms with E-state index in [2.05, 4.69) is 25.9 Å². The van der Waals surface area contributed by atoms with Crippen LogP contribution in [0, 0.1) is 13.8 Å². The van der Waals surface area contributed by atoms with Gasteiger partial charge in [0.25, 0.3) is 0 Å². The van der Waals surface area contributed by atoms with Gasteiger partial charge >= 0.3 is 0 Å². The number of ether oxygens (including phenoxy) is 1. The first-order valence-corrected chi connectivity index (χ1v) is 3.99. The van der Waals surface area contributed by atoms with E-state index >= 15 is 0 Å². The van der Waals surface area contributed by atoms with Crippen molar-refractivity contribution >= 4 is 15.9 Å². The van der Waals surface area contributed by atoms with Crippen molar-refractivity contribution in [2.45, 2.75) is 13.8 Å². The molecule has 0 atom stereocenters. The summed E-state index contributed by atoms with van der Waals surface area (Å²) in [4.78, 5) is 8.33. The Labute approximate surface area is 73.9 Å². The zero-order valence-corrected chi connectivity index (χ0v) is 8.27. The fourth-order valence-electron chi connectivity index (χ4n) is 0.790. The SMILES string of the molecule is COc1nc(Br)c(C)nc1C. The molecule has 60 valence electrons. The lowest BCUT2D eigenvalue weighted by atomic mass is 10.4. The lowest BCUT2D eigenvalue weighted by Gasteiger charge is -2.03. The molecule has 0 unspecified atom stereocenters. The van der Waals surface area contributed by atoms with Crippen LogP contribution < -0.4 is 4.74 Å². The van der Waals surface area contributed by atoms with E-state index in [0.717, 1.165) is 16.0 Å². The van der Waals surface area contributed by atoms with Gasteiger partial charge in [-0.2, -0.15) is 0 Å². The van der Waals surface area contributed by atoms with Crippen molar-refractivity contribution in [1.82, 2.24) is 9.97 Å². The first-order chi connectivity index (χ1) is 5.15. The van der Waals surface area contributed by atoms with Gasteiger partial charge in [-0.15, -0.1) is 0 Å². The van der Waals surface area contributed by atoms with Crippen molar-refractivity contribution < 1.29 is 4.74 Å². The molecule has 0 saturated heterocycles. The average Bonchev–Trinajstić information content (AvgIpc) is 1.97. The summed E-state index contributed by atoms with van der Waals surface area (Å²) in [5.41, 5.74) is 1.69. The summed E-state index contributed by atoms with van der Waals surface area (Å²) in [5.74, 6) is 0.572. The van der Waals surface area contributed by atoms with Gasteiger partial charge in [0.15, 0.2) is 0 Å². The largest absolute Gasteiger partial charge is 0.480 e. The monoisotopic (exact) mass is 216 g/mol. The van der Waals surface area contributed by atoms with Crippen molar-refractivity contribution in [2.75, 3.05) is 7.11 Å². The van der Waals surface area contributed by atoms with E-state index < -0.39 is 0 Å². The van der Waals surface area contributed by atoms with Gasteiger partial charge in [-0.3, -0.25) is 0 Å². The van der Waals surface area contributed by atoms with Crippen LogP contribution in [0.3, 0.4) is 0 Å². The number of methoxy groups -OCH3 is 1. The Morgan fingerprint density at radius 1 is 1.18 bits per heavy atom. The number of aryl methyl sites for hydroxylation is 2. The minimum Gasteiger partial charge on any atom is -0.480 e. The molecule has 3 nitrogen and oxygen atoms in total. The summed E-state index contributed by atoms with van der Waals surface area (Å²) in [6, 6.07) is 0. The van der Waals surface area contributed by atoms with Crippen LogP contribution in [-0.2, 0) is 0 Å². The average molecular weight is 217 g/mol. The number of aromatic nitrogens is 2. The summed E-state index contributed by atoms with van der Waals surface area (Å²) in [7, 11) is 1.58. The molecule has 0 saturated carbocycles. The maximum absolute atomic E-state index is 4.98. The van der Waals surface area contributed by atoms with Gasteiger partial charge in [0.1, 0.15) is 4.60 Å². The van der Waals surface area contributed by atoms with Crippen molar-refractivity contribution in [3.05, 3.63) is 16.0 Å². The van der Waals surface area contributed by atoms with Crippen LogP contribution in [0.1, 0.15) is 11.4 Å². The Morgan fingerprint density at radius 3 is 2.36 bits per heavy atom. The molecule has 11 heavy (non-hydrogen) atoms. The number of halogens is 1. The van der Waals surface area contributed by atoms with Gasteiger partial charge in [0, 0.05) is 0 Å². The Morgan fingerprint density at radius 2 is 1.82 bits per heavy atom. The number of rotatable bonds is 1. The van der Waals surface area contributed by atoms with Gasteiger partial charge in [-0.1, -0.05) is 0 Å². The molecule has 1 rings (SSSR count). The van der Waals surface area contributed by atoms with E-state index in [-0.39, 0.29) is 0 Å². The highest BCUT2D eigenvalue weighted by molar-refractivity contribution is 9.10. The van der Waals surface area contributed by atoms with Crippen molar-refractivity contribution in [3.8, 4) is 5.88 Å². The third kappa shape index (κ3) is 1.68. The lowest BCUT2D eigenvalue weighted by molar-refractivity contribution is 0.390. The normalized spacial score (nSPS) is 9.82. The highest BCUT2D eigenvalue weighted by Gasteiger charge is 2.04. The summed E-state index contributed by atoms with van der Waals surface area (Å²) >= 11 is 3.27. The Bertz CT molecular complexity index is 275. The third-order valence-corrected chi connectivity index (χ3v) is 2.09. The molecular formula is C7H9BrN2O. The van der Waals surface area contributed by atoms with Crippen LogP contribution in [0.15, 0.2) is 4.60 Å². The van der Waals surface area contributed by atoms with E-state index in [1.165, 1.54) is 0 Å². The summed E-state index contributed by atoms with van der Waals surface area (Å²) < 4.78 is 5.71. The molecular weight excluding hydrogens is 208 g/mol. The fraction of sp³-hybridized carbons (Fsp3) is 0.429. The Balaban J connectivity index is 3.21. The van der Waals surface area contributed by atoms with E-state index in [1.54, 1.807) is 7.11 Å². The Hall–Kier alpha value is -0.640. The van der Waals surface area contributed by atoms with Gasteiger partial charge in [0.2, 0.25) is 5.88 Å². The summed E-state index contributed by atoms with van der Waals surface area (Å²) in [5, 5.41) is 0. The molecule has 0 aliphatic rings. The molecule has 0 spiro atoms. The topological polar surface area (TPSA) is 35.0 Å². The molecule has 0 radical (unpaired) electrons. The van der Waals surface area contributed by atoms with E-state index in [9.17, 15) is 0 Å². The molecule has 0 amide bonds. The van der Waals surface area contributed by atoms with Crippen molar-refractivity contribution in [3.63, 3.8) is 0 Å². The highest BCUT2D eigenvalue weighted by Crippen LogP contribution is 2.18. The van der Waals surface area contributed by atoms with E-state index in [4.69, 9.17) is 4.74 Å². The van der Waals surface area contributed by atoms with Crippen LogP contribution in [0.4, 0.5) is 0 Å². The quantitative estimate of drug-likeness (QED) is 0.720. The highest BCUT2D eigenvalue weighted by atomic mass is 79.9. The molecule has 0 bridgehead atoms. The molecule has 1 aromatic heterocycles. The zero-order valence-electron chi connectivity index (χ0n) is 6.68.